The summed E-state index contributed by atoms with van der Waals surface area (Å²) in [6.45, 7) is 7.54. The summed E-state index contributed by atoms with van der Waals surface area (Å²) in [6, 6.07) is 0.0165. The number of carbonyl (C=O) groups excluding carboxylic acids is 4. The highest BCUT2D eigenvalue weighted by Crippen LogP contribution is 2.22. The van der Waals surface area contributed by atoms with E-state index in [1.165, 1.54) is 30.4 Å². The van der Waals surface area contributed by atoms with Crippen LogP contribution < -0.4 is 16.0 Å². The van der Waals surface area contributed by atoms with Gasteiger partial charge in [0.25, 0.3) is 5.91 Å². The van der Waals surface area contributed by atoms with E-state index in [-0.39, 0.29) is 24.8 Å². The molecule has 1 aliphatic rings. The topological polar surface area (TPSA) is 130 Å². The lowest BCUT2D eigenvalue weighted by molar-refractivity contribution is -0.146. The summed E-state index contributed by atoms with van der Waals surface area (Å²) in [5, 5.41) is 7.96. The Bertz CT molecular complexity index is 776. The second-order valence-electron chi connectivity index (χ2n) is 7.21. The van der Waals surface area contributed by atoms with Gasteiger partial charge in [-0.2, -0.15) is 0 Å². The number of amides is 4. The fraction of sp³-hybridized carbons (Fsp3) is 0.500. The minimum atomic E-state index is -1.03. The minimum Gasteiger partial charge on any atom is -0.467 e. The van der Waals surface area contributed by atoms with Gasteiger partial charge in [0.2, 0.25) is 5.91 Å². The van der Waals surface area contributed by atoms with E-state index in [2.05, 4.69) is 22.5 Å². The molecule has 0 radical (unpaired) electrons. The van der Waals surface area contributed by atoms with E-state index >= 15 is 0 Å². The highest BCUT2D eigenvalue weighted by atomic mass is 16.5. The summed E-state index contributed by atoms with van der Waals surface area (Å²) in [7, 11) is 1.24. The minimum absolute atomic E-state index is 0.0814. The molecule has 2 heterocycles. The van der Waals surface area contributed by atoms with Crippen LogP contribution in [0, 0.1) is 5.92 Å². The first-order chi connectivity index (χ1) is 14.3. The van der Waals surface area contributed by atoms with E-state index in [0.29, 0.717) is 6.42 Å². The smallest absolute Gasteiger partial charge is 0.328 e. The average molecular weight is 420 g/mol. The van der Waals surface area contributed by atoms with Crippen LogP contribution in [0.2, 0.25) is 0 Å². The maximum absolute atomic E-state index is 13.1. The van der Waals surface area contributed by atoms with Gasteiger partial charge >= 0.3 is 12.0 Å². The molecule has 0 aliphatic carbocycles. The van der Waals surface area contributed by atoms with Crippen LogP contribution >= 0.6 is 0 Å². The molecular formula is C20H28N4O6. The lowest BCUT2D eigenvalue weighted by Gasteiger charge is -2.29. The third-order valence-electron chi connectivity index (χ3n) is 4.80. The number of carbonyl (C=O) groups is 4. The molecule has 0 bridgehead atoms. The first-order valence-corrected chi connectivity index (χ1v) is 9.68. The summed E-state index contributed by atoms with van der Waals surface area (Å²) in [4.78, 5) is 51.5. The van der Waals surface area contributed by atoms with Crippen LogP contribution in [0.5, 0.6) is 0 Å². The molecule has 30 heavy (non-hydrogen) atoms. The first kappa shape index (κ1) is 23.0. The summed E-state index contributed by atoms with van der Waals surface area (Å²) in [5.74, 6) is -1.79. The molecule has 0 unspecified atom stereocenters. The summed E-state index contributed by atoms with van der Waals surface area (Å²) < 4.78 is 9.94. The normalized spacial score (nSPS) is 19.1. The maximum atomic E-state index is 13.1. The monoisotopic (exact) mass is 420 g/mol. The number of nitrogens with zero attached hydrogens (tertiary/aromatic N) is 1. The molecule has 4 amide bonds. The highest BCUT2D eigenvalue weighted by Gasteiger charge is 2.44. The fourth-order valence-corrected chi connectivity index (χ4v) is 3.29. The van der Waals surface area contributed by atoms with Crippen molar-refractivity contribution in [2.45, 2.75) is 38.4 Å². The van der Waals surface area contributed by atoms with Crippen LogP contribution in [0.3, 0.4) is 0 Å². The number of nitrogens with one attached hydrogen (secondary N) is 3. The molecule has 1 aromatic heterocycles. The standard InChI is InChI=1S/C20H28N4O6/c1-5-9-21-20(28)22-13-8-10-24(18(26)14-7-6-11-30-14)16(13)17(25)23-15(12(2)3)19(27)29-4/h5-7,11-13,15-16H,1,8-10H2,2-4H3,(H,23,25)(H2,21,22,28)/t13-,15+,16-/m0/s1. The van der Waals surface area contributed by atoms with Crippen molar-refractivity contribution in [2.24, 2.45) is 5.92 Å². The Morgan fingerprint density at radius 3 is 2.67 bits per heavy atom. The predicted octanol–water partition coefficient (Wildman–Crippen LogP) is 0.662. The molecule has 0 spiro atoms. The second-order valence-corrected chi connectivity index (χ2v) is 7.21. The van der Waals surface area contributed by atoms with E-state index in [1.54, 1.807) is 19.9 Å². The van der Waals surface area contributed by atoms with E-state index in [9.17, 15) is 19.2 Å². The highest BCUT2D eigenvalue weighted by molar-refractivity contribution is 5.97. The van der Waals surface area contributed by atoms with Crippen molar-refractivity contribution < 1.29 is 28.3 Å². The van der Waals surface area contributed by atoms with Gasteiger partial charge in [0.1, 0.15) is 12.1 Å². The second kappa shape index (κ2) is 10.5. The van der Waals surface area contributed by atoms with E-state index in [0.717, 1.165) is 0 Å². The molecular weight excluding hydrogens is 392 g/mol. The zero-order valence-electron chi connectivity index (χ0n) is 17.3. The van der Waals surface area contributed by atoms with E-state index in [1.807, 2.05) is 0 Å². The Kier molecular flexibility index (Phi) is 8.02. The number of rotatable bonds is 8. The van der Waals surface area contributed by atoms with Gasteiger partial charge in [0.05, 0.1) is 19.4 Å². The lowest BCUT2D eigenvalue weighted by atomic mass is 10.0. The molecule has 10 heteroatoms. The quantitative estimate of drug-likeness (QED) is 0.418. The largest absolute Gasteiger partial charge is 0.467 e. The van der Waals surface area contributed by atoms with Crippen LogP contribution in [-0.2, 0) is 14.3 Å². The van der Waals surface area contributed by atoms with Gasteiger partial charge in [-0.25, -0.2) is 9.59 Å². The number of hydrogen-bond acceptors (Lipinski definition) is 6. The number of ether oxygens (including phenoxy) is 1. The van der Waals surface area contributed by atoms with Gasteiger partial charge in [0.15, 0.2) is 5.76 Å². The molecule has 10 nitrogen and oxygen atoms in total. The first-order valence-electron chi connectivity index (χ1n) is 9.68. The van der Waals surface area contributed by atoms with Crippen LogP contribution in [0.25, 0.3) is 0 Å². The molecule has 1 fully saturated rings. The molecule has 164 valence electrons. The van der Waals surface area contributed by atoms with Crippen molar-refractivity contribution in [3.05, 3.63) is 36.8 Å². The van der Waals surface area contributed by atoms with E-state index in [4.69, 9.17) is 9.15 Å². The van der Waals surface area contributed by atoms with Crippen molar-refractivity contribution in [1.82, 2.24) is 20.9 Å². The molecule has 1 saturated heterocycles. The Balaban J connectivity index is 2.25. The number of hydrogen-bond donors (Lipinski definition) is 3. The number of urea groups is 1. The predicted molar refractivity (Wildman–Crippen MR) is 107 cm³/mol. The molecule has 3 atom stereocenters. The summed E-state index contributed by atoms with van der Waals surface area (Å²) >= 11 is 0. The van der Waals surface area contributed by atoms with Crippen molar-refractivity contribution in [3.63, 3.8) is 0 Å². The summed E-state index contributed by atoms with van der Waals surface area (Å²) in [6.07, 6.45) is 3.24. The number of likely N-dealkylation sites (tertiary alicyclic amines) is 1. The molecule has 3 N–H and O–H groups in total. The lowest BCUT2D eigenvalue weighted by Crippen LogP contribution is -2.59. The van der Waals surface area contributed by atoms with Crippen molar-refractivity contribution in [2.75, 3.05) is 20.2 Å². The third-order valence-corrected chi connectivity index (χ3v) is 4.80. The SMILES string of the molecule is C=CCNC(=O)N[C@H]1CCN(C(=O)c2ccco2)[C@@H]1C(=O)N[C@@H](C(=O)OC)C(C)C. The zero-order valence-corrected chi connectivity index (χ0v) is 17.3. The maximum Gasteiger partial charge on any atom is 0.328 e. The average Bonchev–Trinajstić information content (AvgIpc) is 3.39. The Labute approximate surface area is 175 Å². The Morgan fingerprint density at radius 1 is 1.37 bits per heavy atom. The van der Waals surface area contributed by atoms with Crippen LogP contribution in [0.15, 0.2) is 35.5 Å². The van der Waals surface area contributed by atoms with Gasteiger partial charge in [-0.3, -0.25) is 9.59 Å². The van der Waals surface area contributed by atoms with Crippen LogP contribution in [0.1, 0.15) is 30.8 Å². The zero-order chi connectivity index (χ0) is 22.3. The molecule has 0 aromatic carbocycles. The van der Waals surface area contributed by atoms with Crippen molar-refractivity contribution in [1.29, 1.82) is 0 Å². The van der Waals surface area contributed by atoms with Gasteiger partial charge in [-0.15, -0.1) is 6.58 Å². The van der Waals surface area contributed by atoms with E-state index < -0.39 is 41.9 Å². The summed E-state index contributed by atoms with van der Waals surface area (Å²) in [5.41, 5.74) is 0. The molecule has 1 aliphatic heterocycles. The number of methoxy groups -OCH3 is 1. The molecule has 0 saturated carbocycles. The van der Waals surface area contributed by atoms with Gasteiger partial charge < -0.3 is 30.0 Å². The Morgan fingerprint density at radius 2 is 2.10 bits per heavy atom. The molecule has 2 rings (SSSR count). The number of esters is 1. The fourth-order valence-electron chi connectivity index (χ4n) is 3.29. The van der Waals surface area contributed by atoms with Crippen LogP contribution in [-0.4, -0.2) is 67.0 Å². The van der Waals surface area contributed by atoms with Gasteiger partial charge in [-0.1, -0.05) is 19.9 Å². The van der Waals surface area contributed by atoms with Crippen molar-refractivity contribution >= 4 is 23.8 Å². The van der Waals surface area contributed by atoms with Crippen LogP contribution in [0.4, 0.5) is 4.79 Å². The van der Waals surface area contributed by atoms with Gasteiger partial charge in [-0.05, 0) is 24.5 Å². The third kappa shape index (κ3) is 5.40. The van der Waals surface area contributed by atoms with Gasteiger partial charge in [0, 0.05) is 13.1 Å². The Hall–Kier alpha value is -3.30. The molecule has 1 aromatic rings. The van der Waals surface area contributed by atoms with Crippen molar-refractivity contribution in [3.8, 4) is 0 Å². The number of furan rings is 1.